The lowest BCUT2D eigenvalue weighted by molar-refractivity contribution is 0.0239. The van der Waals surface area contributed by atoms with E-state index in [2.05, 4.69) is 27.4 Å². The van der Waals surface area contributed by atoms with Crippen LogP contribution in [0.3, 0.4) is 0 Å². The maximum absolute atomic E-state index is 12.4. The smallest absolute Gasteiger partial charge is 0.254 e. The SMILES string of the molecule is Cc1ncc(C(=O)N[C@@H](Cc2ccccc2)C2CC(O)C2)cn1. The monoisotopic (exact) mass is 311 g/mol. The van der Waals surface area contributed by atoms with Crippen molar-refractivity contribution >= 4 is 5.91 Å². The number of aryl methyl sites for hydroxylation is 1. The zero-order chi connectivity index (χ0) is 16.2. The van der Waals surface area contributed by atoms with Gasteiger partial charge in [0.1, 0.15) is 5.82 Å². The molecule has 0 saturated heterocycles. The Hall–Kier alpha value is -2.27. The lowest BCUT2D eigenvalue weighted by Crippen LogP contribution is -2.48. The average molecular weight is 311 g/mol. The van der Waals surface area contributed by atoms with Crippen LogP contribution < -0.4 is 5.32 Å². The fourth-order valence-corrected chi connectivity index (χ4v) is 2.92. The summed E-state index contributed by atoms with van der Waals surface area (Å²) in [5, 5.41) is 12.7. The molecule has 0 aliphatic heterocycles. The summed E-state index contributed by atoms with van der Waals surface area (Å²) >= 11 is 0. The Balaban J connectivity index is 1.70. The summed E-state index contributed by atoms with van der Waals surface area (Å²) in [6.07, 6.45) is 5.10. The van der Waals surface area contributed by atoms with Crippen LogP contribution in [0.2, 0.25) is 0 Å². The highest BCUT2D eigenvalue weighted by Crippen LogP contribution is 2.31. The van der Waals surface area contributed by atoms with Crippen LogP contribution in [0.15, 0.2) is 42.7 Å². The summed E-state index contributed by atoms with van der Waals surface area (Å²) in [5.74, 6) is 0.789. The van der Waals surface area contributed by atoms with Gasteiger partial charge in [-0.25, -0.2) is 9.97 Å². The van der Waals surface area contributed by atoms with Gasteiger partial charge in [0.2, 0.25) is 0 Å². The Morgan fingerprint density at radius 2 is 1.91 bits per heavy atom. The zero-order valence-corrected chi connectivity index (χ0v) is 13.1. The molecule has 1 heterocycles. The first-order valence-corrected chi connectivity index (χ1v) is 7.93. The van der Waals surface area contributed by atoms with Crippen LogP contribution in [0.1, 0.15) is 34.6 Å². The van der Waals surface area contributed by atoms with E-state index in [0.717, 1.165) is 19.3 Å². The van der Waals surface area contributed by atoms with Gasteiger partial charge in [0.15, 0.2) is 0 Å². The second-order valence-electron chi connectivity index (χ2n) is 6.17. The molecule has 2 N–H and O–H groups in total. The molecule has 5 heteroatoms. The number of benzene rings is 1. The Morgan fingerprint density at radius 3 is 2.52 bits per heavy atom. The summed E-state index contributed by atoms with van der Waals surface area (Å²) < 4.78 is 0. The number of hydrogen-bond acceptors (Lipinski definition) is 4. The van der Waals surface area contributed by atoms with Crippen molar-refractivity contribution in [3.8, 4) is 0 Å². The van der Waals surface area contributed by atoms with Gasteiger partial charge in [-0.3, -0.25) is 4.79 Å². The highest BCUT2D eigenvalue weighted by molar-refractivity contribution is 5.93. The number of carbonyl (C=O) groups is 1. The summed E-state index contributed by atoms with van der Waals surface area (Å²) in [7, 11) is 0. The number of nitrogens with zero attached hydrogens (tertiary/aromatic N) is 2. The number of hydrogen-bond donors (Lipinski definition) is 2. The zero-order valence-electron chi connectivity index (χ0n) is 13.1. The summed E-state index contributed by atoms with van der Waals surface area (Å²) in [6.45, 7) is 1.79. The van der Waals surface area contributed by atoms with Crippen molar-refractivity contribution in [2.24, 2.45) is 5.92 Å². The quantitative estimate of drug-likeness (QED) is 0.884. The predicted octanol–water partition coefficient (Wildman–Crippen LogP) is 1.90. The number of aromatic nitrogens is 2. The van der Waals surface area contributed by atoms with Crippen molar-refractivity contribution in [2.45, 2.75) is 38.3 Å². The third kappa shape index (κ3) is 3.93. The minimum absolute atomic E-state index is 0.00889. The van der Waals surface area contributed by atoms with E-state index in [0.29, 0.717) is 17.3 Å². The molecule has 0 spiro atoms. The lowest BCUT2D eigenvalue weighted by Gasteiger charge is -2.38. The lowest BCUT2D eigenvalue weighted by atomic mass is 9.75. The van der Waals surface area contributed by atoms with Crippen molar-refractivity contribution in [3.05, 3.63) is 59.7 Å². The van der Waals surface area contributed by atoms with Crippen LogP contribution in [0.25, 0.3) is 0 Å². The topological polar surface area (TPSA) is 75.1 Å². The van der Waals surface area contributed by atoms with Gasteiger partial charge in [0.25, 0.3) is 5.91 Å². The van der Waals surface area contributed by atoms with E-state index in [4.69, 9.17) is 0 Å². The molecule has 23 heavy (non-hydrogen) atoms. The molecule has 1 fully saturated rings. The van der Waals surface area contributed by atoms with Crippen molar-refractivity contribution in [2.75, 3.05) is 0 Å². The first kappa shape index (κ1) is 15.6. The normalized spacial score (nSPS) is 21.3. The van der Waals surface area contributed by atoms with Gasteiger partial charge in [0.05, 0.1) is 11.7 Å². The minimum Gasteiger partial charge on any atom is -0.393 e. The third-order valence-corrected chi connectivity index (χ3v) is 4.38. The van der Waals surface area contributed by atoms with E-state index >= 15 is 0 Å². The molecule has 1 aliphatic carbocycles. The highest BCUT2D eigenvalue weighted by atomic mass is 16.3. The Morgan fingerprint density at radius 1 is 1.26 bits per heavy atom. The number of aliphatic hydroxyl groups excluding tert-OH is 1. The molecule has 1 aromatic heterocycles. The molecule has 0 radical (unpaired) electrons. The fourth-order valence-electron chi connectivity index (χ4n) is 2.92. The maximum atomic E-state index is 12.4. The van der Waals surface area contributed by atoms with Gasteiger partial charge in [0, 0.05) is 18.4 Å². The van der Waals surface area contributed by atoms with Crippen LogP contribution in [-0.2, 0) is 6.42 Å². The van der Waals surface area contributed by atoms with Gasteiger partial charge in [-0.15, -0.1) is 0 Å². The van der Waals surface area contributed by atoms with Crippen LogP contribution in [-0.4, -0.2) is 33.1 Å². The van der Waals surface area contributed by atoms with Crippen LogP contribution in [0.4, 0.5) is 0 Å². The number of nitrogens with one attached hydrogen (secondary N) is 1. The molecule has 1 aromatic carbocycles. The molecule has 1 aliphatic rings. The largest absolute Gasteiger partial charge is 0.393 e. The fraction of sp³-hybridized carbons (Fsp3) is 0.389. The van der Waals surface area contributed by atoms with Gasteiger partial charge >= 0.3 is 0 Å². The molecular formula is C18H21N3O2. The van der Waals surface area contributed by atoms with Crippen LogP contribution in [0, 0.1) is 12.8 Å². The van der Waals surface area contributed by atoms with Crippen LogP contribution in [0.5, 0.6) is 0 Å². The Bertz CT molecular complexity index is 652. The van der Waals surface area contributed by atoms with Gasteiger partial charge in [-0.2, -0.15) is 0 Å². The summed E-state index contributed by atoms with van der Waals surface area (Å²) in [5.41, 5.74) is 1.65. The Labute approximate surface area is 135 Å². The number of aliphatic hydroxyl groups is 1. The van der Waals surface area contributed by atoms with Gasteiger partial charge < -0.3 is 10.4 Å². The number of amides is 1. The molecular weight excluding hydrogens is 290 g/mol. The van der Waals surface area contributed by atoms with Crippen molar-refractivity contribution in [1.29, 1.82) is 0 Å². The van der Waals surface area contributed by atoms with E-state index in [9.17, 15) is 9.90 Å². The second-order valence-corrected chi connectivity index (χ2v) is 6.17. The Kier molecular flexibility index (Phi) is 4.67. The van der Waals surface area contributed by atoms with Gasteiger partial charge in [-0.05, 0) is 37.7 Å². The number of rotatable bonds is 5. The molecule has 3 rings (SSSR count). The van der Waals surface area contributed by atoms with Crippen molar-refractivity contribution in [1.82, 2.24) is 15.3 Å². The molecule has 1 amide bonds. The van der Waals surface area contributed by atoms with E-state index in [1.165, 1.54) is 5.56 Å². The van der Waals surface area contributed by atoms with Gasteiger partial charge in [-0.1, -0.05) is 30.3 Å². The summed E-state index contributed by atoms with van der Waals surface area (Å²) in [6, 6.07) is 10.1. The highest BCUT2D eigenvalue weighted by Gasteiger charge is 2.34. The summed E-state index contributed by atoms with van der Waals surface area (Å²) in [4.78, 5) is 20.6. The molecule has 2 aromatic rings. The van der Waals surface area contributed by atoms with E-state index in [-0.39, 0.29) is 18.1 Å². The van der Waals surface area contributed by atoms with Crippen molar-refractivity contribution < 1.29 is 9.90 Å². The predicted molar refractivity (Wildman–Crippen MR) is 86.9 cm³/mol. The molecule has 120 valence electrons. The number of carbonyl (C=O) groups excluding carboxylic acids is 1. The van der Waals surface area contributed by atoms with E-state index in [1.54, 1.807) is 19.3 Å². The molecule has 0 unspecified atom stereocenters. The van der Waals surface area contributed by atoms with Crippen molar-refractivity contribution in [3.63, 3.8) is 0 Å². The first-order valence-electron chi connectivity index (χ1n) is 7.93. The third-order valence-electron chi connectivity index (χ3n) is 4.38. The maximum Gasteiger partial charge on any atom is 0.254 e. The standard InChI is InChI=1S/C18H21N3O2/c1-12-19-10-15(11-20-12)18(23)21-17(14-8-16(22)9-14)7-13-5-3-2-4-6-13/h2-6,10-11,14,16-17,22H,7-9H2,1H3,(H,21,23)/t14?,16?,17-/m0/s1. The van der Waals surface area contributed by atoms with E-state index in [1.807, 2.05) is 18.2 Å². The van der Waals surface area contributed by atoms with Crippen LogP contribution >= 0.6 is 0 Å². The molecule has 1 atom stereocenters. The minimum atomic E-state index is -0.238. The first-order chi connectivity index (χ1) is 11.1. The second kappa shape index (κ2) is 6.87. The molecule has 1 saturated carbocycles. The average Bonchev–Trinajstić information content (AvgIpc) is 2.53. The molecule has 5 nitrogen and oxygen atoms in total. The molecule has 0 bridgehead atoms. The van der Waals surface area contributed by atoms with E-state index < -0.39 is 0 Å².